The van der Waals surface area contributed by atoms with Gasteiger partial charge in [0.15, 0.2) is 0 Å². The van der Waals surface area contributed by atoms with Gasteiger partial charge in [-0.1, -0.05) is 40.9 Å². The van der Waals surface area contributed by atoms with Crippen molar-refractivity contribution in [3.63, 3.8) is 0 Å². The van der Waals surface area contributed by atoms with E-state index in [1.165, 1.54) is 11.8 Å². The molecule has 0 fully saturated rings. The van der Waals surface area contributed by atoms with Gasteiger partial charge in [-0.05, 0) is 31.2 Å². The van der Waals surface area contributed by atoms with Crippen molar-refractivity contribution in [1.82, 2.24) is 5.32 Å². The maximum atomic E-state index is 12.8. The van der Waals surface area contributed by atoms with Crippen LogP contribution >= 0.6 is 23.2 Å². The zero-order chi connectivity index (χ0) is 18.8. The minimum absolute atomic E-state index is 0.280. The Bertz CT molecular complexity index is 853. The summed E-state index contributed by atoms with van der Waals surface area (Å²) in [6.45, 7) is 3.92. The highest BCUT2D eigenvalue weighted by Gasteiger charge is 2.40. The highest BCUT2D eigenvalue weighted by Crippen LogP contribution is 2.44. The minimum Gasteiger partial charge on any atom is -0.492 e. The van der Waals surface area contributed by atoms with Crippen molar-refractivity contribution < 1.29 is 14.3 Å². The van der Waals surface area contributed by atoms with E-state index in [-0.39, 0.29) is 25.0 Å². The Balaban J connectivity index is 1.81. The van der Waals surface area contributed by atoms with Gasteiger partial charge in [0, 0.05) is 17.5 Å². The summed E-state index contributed by atoms with van der Waals surface area (Å²) in [5, 5.41) is 3.44. The molecule has 7 heteroatoms. The standard InChI is InChI=1S/C19H18Cl2N2O3/c1-11-3-5-13(6-4-11)26-10-9-23-18-15(21)8-7-14(20)16(18)17(19(23)25)22-12(2)24/h3-8,17H,9-10H2,1-2H3,(H,22,24)/t17-/m1/s1. The number of carbonyl (C=O) groups is 2. The molecule has 1 aliphatic heterocycles. The number of hydrogen-bond acceptors (Lipinski definition) is 3. The van der Waals surface area contributed by atoms with E-state index in [9.17, 15) is 9.59 Å². The maximum absolute atomic E-state index is 12.8. The van der Waals surface area contributed by atoms with Crippen molar-refractivity contribution in [3.8, 4) is 5.75 Å². The molecule has 3 rings (SSSR count). The van der Waals surface area contributed by atoms with Gasteiger partial charge in [-0.2, -0.15) is 0 Å². The molecule has 0 aromatic heterocycles. The van der Waals surface area contributed by atoms with Crippen LogP contribution in [0.2, 0.25) is 10.0 Å². The zero-order valence-corrected chi connectivity index (χ0v) is 15.9. The van der Waals surface area contributed by atoms with Crippen molar-refractivity contribution in [2.75, 3.05) is 18.1 Å². The van der Waals surface area contributed by atoms with Crippen LogP contribution in [-0.2, 0) is 9.59 Å². The number of nitrogens with zero attached hydrogens (tertiary/aromatic N) is 1. The summed E-state index contributed by atoms with van der Waals surface area (Å²) in [4.78, 5) is 25.8. The zero-order valence-electron chi connectivity index (χ0n) is 14.4. The largest absolute Gasteiger partial charge is 0.492 e. The summed E-state index contributed by atoms with van der Waals surface area (Å²) in [5.41, 5.74) is 2.19. The van der Waals surface area contributed by atoms with Gasteiger partial charge in [0.25, 0.3) is 5.91 Å². The smallest absolute Gasteiger partial charge is 0.254 e. The van der Waals surface area contributed by atoms with Crippen LogP contribution in [0.4, 0.5) is 5.69 Å². The third kappa shape index (κ3) is 3.64. The number of amides is 2. The average Bonchev–Trinajstić information content (AvgIpc) is 2.86. The summed E-state index contributed by atoms with van der Waals surface area (Å²) >= 11 is 12.6. The number of halogens is 2. The second kappa shape index (κ2) is 7.56. The van der Waals surface area contributed by atoms with E-state index in [2.05, 4.69) is 5.32 Å². The van der Waals surface area contributed by atoms with E-state index >= 15 is 0 Å². The third-order valence-electron chi connectivity index (χ3n) is 4.14. The van der Waals surface area contributed by atoms with Crippen LogP contribution in [0.25, 0.3) is 0 Å². The number of aryl methyl sites for hydroxylation is 1. The molecule has 0 spiro atoms. The molecule has 0 saturated heterocycles. The molecule has 1 heterocycles. The Labute approximate surface area is 161 Å². The number of benzene rings is 2. The van der Waals surface area contributed by atoms with Crippen molar-refractivity contribution in [3.05, 3.63) is 57.6 Å². The SMILES string of the molecule is CC(=O)N[C@H]1C(=O)N(CCOc2ccc(C)cc2)c2c(Cl)ccc(Cl)c21. The molecular formula is C19H18Cl2N2O3. The molecule has 0 aliphatic carbocycles. The first kappa shape index (κ1) is 18.5. The van der Waals surface area contributed by atoms with Crippen LogP contribution < -0.4 is 15.0 Å². The van der Waals surface area contributed by atoms with Crippen LogP contribution in [-0.4, -0.2) is 25.0 Å². The second-order valence-corrected chi connectivity index (χ2v) is 6.89. The lowest BCUT2D eigenvalue weighted by Gasteiger charge is -2.19. The lowest BCUT2D eigenvalue weighted by atomic mass is 10.1. The lowest BCUT2D eigenvalue weighted by molar-refractivity contribution is -0.126. The van der Waals surface area contributed by atoms with E-state index in [4.69, 9.17) is 27.9 Å². The fourth-order valence-corrected chi connectivity index (χ4v) is 3.47. The Morgan fingerprint density at radius 2 is 1.81 bits per heavy atom. The van der Waals surface area contributed by atoms with Crippen molar-refractivity contribution >= 4 is 40.7 Å². The van der Waals surface area contributed by atoms with Crippen LogP contribution in [0.5, 0.6) is 5.75 Å². The summed E-state index contributed by atoms with van der Waals surface area (Å²) in [6, 6.07) is 10.1. The first-order valence-electron chi connectivity index (χ1n) is 8.14. The van der Waals surface area contributed by atoms with E-state index in [0.29, 0.717) is 21.3 Å². The second-order valence-electron chi connectivity index (χ2n) is 6.08. The van der Waals surface area contributed by atoms with E-state index in [1.54, 1.807) is 12.1 Å². The molecule has 1 N–H and O–H groups in total. The van der Waals surface area contributed by atoms with Gasteiger partial charge in [0.05, 0.1) is 17.3 Å². The van der Waals surface area contributed by atoms with Gasteiger partial charge in [-0.15, -0.1) is 0 Å². The molecule has 1 aliphatic rings. The van der Waals surface area contributed by atoms with Gasteiger partial charge in [0.1, 0.15) is 18.4 Å². The molecule has 136 valence electrons. The molecule has 5 nitrogen and oxygen atoms in total. The molecule has 0 radical (unpaired) electrons. The summed E-state index contributed by atoms with van der Waals surface area (Å²) in [7, 11) is 0. The summed E-state index contributed by atoms with van der Waals surface area (Å²) < 4.78 is 5.72. The fraction of sp³-hybridized carbons (Fsp3) is 0.263. The highest BCUT2D eigenvalue weighted by atomic mass is 35.5. The number of rotatable bonds is 5. The van der Waals surface area contributed by atoms with Gasteiger partial charge >= 0.3 is 0 Å². The Morgan fingerprint density at radius 1 is 1.15 bits per heavy atom. The van der Waals surface area contributed by atoms with Gasteiger partial charge in [0.2, 0.25) is 5.91 Å². The number of ether oxygens (including phenoxy) is 1. The van der Waals surface area contributed by atoms with Crippen LogP contribution in [0.1, 0.15) is 24.1 Å². The number of hydrogen-bond donors (Lipinski definition) is 1. The first-order chi connectivity index (χ1) is 12.4. The van der Waals surface area contributed by atoms with Crippen molar-refractivity contribution in [1.29, 1.82) is 0 Å². The Morgan fingerprint density at radius 3 is 2.46 bits per heavy atom. The molecular weight excluding hydrogens is 375 g/mol. The fourth-order valence-electron chi connectivity index (χ4n) is 2.94. The molecule has 2 aromatic carbocycles. The number of fused-ring (bicyclic) bond motifs is 1. The Hall–Kier alpha value is -2.24. The van der Waals surface area contributed by atoms with Crippen molar-refractivity contribution in [2.45, 2.75) is 19.9 Å². The van der Waals surface area contributed by atoms with Crippen LogP contribution in [0.15, 0.2) is 36.4 Å². The first-order valence-corrected chi connectivity index (χ1v) is 8.90. The lowest BCUT2D eigenvalue weighted by Crippen LogP contribution is -2.38. The minimum atomic E-state index is -0.840. The van der Waals surface area contributed by atoms with Gasteiger partial charge < -0.3 is 15.0 Å². The highest BCUT2D eigenvalue weighted by molar-refractivity contribution is 6.38. The maximum Gasteiger partial charge on any atom is 0.254 e. The molecule has 1 atom stereocenters. The summed E-state index contributed by atoms with van der Waals surface area (Å²) in [6.07, 6.45) is 0. The molecule has 0 unspecified atom stereocenters. The monoisotopic (exact) mass is 392 g/mol. The van der Waals surface area contributed by atoms with Gasteiger partial charge in [-0.3, -0.25) is 9.59 Å². The third-order valence-corrected chi connectivity index (χ3v) is 4.77. The predicted molar refractivity (Wildman–Crippen MR) is 102 cm³/mol. The number of nitrogens with one attached hydrogen (secondary N) is 1. The van der Waals surface area contributed by atoms with E-state index < -0.39 is 6.04 Å². The van der Waals surface area contributed by atoms with E-state index in [1.807, 2.05) is 31.2 Å². The normalized spacial score (nSPS) is 15.8. The molecule has 0 saturated carbocycles. The molecule has 26 heavy (non-hydrogen) atoms. The van der Waals surface area contributed by atoms with Gasteiger partial charge in [-0.25, -0.2) is 0 Å². The Kier molecular flexibility index (Phi) is 5.39. The number of anilines is 1. The number of carbonyl (C=O) groups excluding carboxylic acids is 2. The van der Waals surface area contributed by atoms with E-state index in [0.717, 1.165) is 11.3 Å². The topological polar surface area (TPSA) is 58.6 Å². The van der Waals surface area contributed by atoms with Crippen LogP contribution in [0.3, 0.4) is 0 Å². The van der Waals surface area contributed by atoms with Crippen molar-refractivity contribution in [2.24, 2.45) is 0 Å². The summed E-state index contributed by atoms with van der Waals surface area (Å²) in [5.74, 6) is 0.124. The molecule has 2 aromatic rings. The quantitative estimate of drug-likeness (QED) is 0.838. The van der Waals surface area contributed by atoms with Crippen LogP contribution in [0, 0.1) is 6.92 Å². The average molecular weight is 393 g/mol. The molecule has 0 bridgehead atoms. The molecule has 2 amide bonds. The predicted octanol–water partition coefficient (Wildman–Crippen LogP) is 3.90.